The summed E-state index contributed by atoms with van der Waals surface area (Å²) in [6.45, 7) is 0. The van der Waals surface area contributed by atoms with E-state index in [2.05, 4.69) is 10.2 Å². The lowest BCUT2D eigenvalue weighted by molar-refractivity contribution is 0.102. The lowest BCUT2D eigenvalue weighted by Gasteiger charge is -2.14. The minimum absolute atomic E-state index is 0.0391. The predicted octanol–water partition coefficient (Wildman–Crippen LogP) is 5.58. The van der Waals surface area contributed by atoms with Crippen LogP contribution in [0.5, 0.6) is 11.5 Å². The Morgan fingerprint density at radius 2 is 1.75 bits per heavy atom. The quantitative estimate of drug-likeness (QED) is 0.250. The van der Waals surface area contributed by atoms with Gasteiger partial charge in [-0.05, 0) is 36.4 Å². The average molecular weight is 466 g/mol. The second-order valence-electron chi connectivity index (χ2n) is 6.74. The lowest BCUT2D eigenvalue weighted by atomic mass is 10.1. The fourth-order valence-corrected chi connectivity index (χ4v) is 4.28. The van der Waals surface area contributed by atoms with Crippen LogP contribution in [0, 0.1) is 0 Å². The summed E-state index contributed by atoms with van der Waals surface area (Å²) in [6, 6.07) is 22.1. The number of nitrogens with zero attached hydrogens (tertiary/aromatic N) is 3. The molecule has 0 fully saturated rings. The van der Waals surface area contributed by atoms with Crippen LogP contribution in [0.2, 0.25) is 5.02 Å². The zero-order chi connectivity index (χ0) is 22.5. The number of Topliss-reactive ketones (excluding diaryl/α,β-unsaturated/α-hetero) is 1. The molecule has 6 nitrogen and oxygen atoms in total. The van der Waals surface area contributed by atoms with E-state index in [-0.39, 0.29) is 11.5 Å². The minimum Gasteiger partial charge on any atom is -0.497 e. The number of thioether (sulfide) groups is 1. The first-order valence-corrected chi connectivity index (χ1v) is 11.1. The second-order valence-corrected chi connectivity index (χ2v) is 8.09. The molecule has 0 aliphatic carbocycles. The first-order chi connectivity index (χ1) is 15.6. The van der Waals surface area contributed by atoms with E-state index in [1.807, 2.05) is 47.0 Å². The van der Waals surface area contributed by atoms with Gasteiger partial charge in [-0.15, -0.1) is 10.2 Å². The highest BCUT2D eigenvalue weighted by atomic mass is 35.5. The molecule has 0 N–H and O–H groups in total. The summed E-state index contributed by atoms with van der Waals surface area (Å²) in [5.74, 6) is 2.00. The molecule has 8 heteroatoms. The molecule has 0 amide bonds. The molecule has 162 valence electrons. The van der Waals surface area contributed by atoms with Crippen LogP contribution in [0.4, 0.5) is 0 Å². The van der Waals surface area contributed by atoms with Crippen LogP contribution in [0.3, 0.4) is 0 Å². The van der Waals surface area contributed by atoms with Gasteiger partial charge >= 0.3 is 0 Å². The van der Waals surface area contributed by atoms with Crippen LogP contribution in [0.25, 0.3) is 17.1 Å². The maximum Gasteiger partial charge on any atom is 0.196 e. The van der Waals surface area contributed by atoms with Crippen LogP contribution in [-0.2, 0) is 0 Å². The van der Waals surface area contributed by atoms with Gasteiger partial charge in [0.2, 0.25) is 0 Å². The van der Waals surface area contributed by atoms with E-state index in [9.17, 15) is 4.79 Å². The zero-order valence-corrected chi connectivity index (χ0v) is 19.1. The van der Waals surface area contributed by atoms with Gasteiger partial charge in [0, 0.05) is 11.1 Å². The van der Waals surface area contributed by atoms with Crippen molar-refractivity contribution in [3.05, 3.63) is 83.4 Å². The van der Waals surface area contributed by atoms with Crippen LogP contribution in [-0.4, -0.2) is 40.5 Å². The number of halogens is 1. The first kappa shape index (κ1) is 21.9. The van der Waals surface area contributed by atoms with Crippen molar-refractivity contribution in [2.75, 3.05) is 20.0 Å². The lowest BCUT2D eigenvalue weighted by Crippen LogP contribution is -2.06. The Hall–Kier alpha value is -3.29. The standard InChI is InChI=1S/C24H20ClN3O3S/c1-30-17-9-7-8-16(14-17)21(29)15-32-24-27-26-23(18-10-3-4-11-19(18)25)28(24)20-12-5-6-13-22(20)31-2/h3-14H,15H2,1-2H3. The van der Waals surface area contributed by atoms with E-state index >= 15 is 0 Å². The predicted molar refractivity (Wildman–Crippen MR) is 126 cm³/mol. The number of ketones is 1. The Kier molecular flexibility index (Phi) is 6.78. The van der Waals surface area contributed by atoms with Crippen LogP contribution in [0.15, 0.2) is 78.0 Å². The number of ether oxygens (including phenoxy) is 2. The van der Waals surface area contributed by atoms with E-state index in [0.717, 1.165) is 11.3 Å². The van der Waals surface area contributed by atoms with Crippen LogP contribution in [0.1, 0.15) is 10.4 Å². The SMILES string of the molecule is COc1cccc(C(=O)CSc2nnc(-c3ccccc3Cl)n2-c2ccccc2OC)c1. The summed E-state index contributed by atoms with van der Waals surface area (Å²) in [6.07, 6.45) is 0. The van der Waals surface area contributed by atoms with Crippen molar-refractivity contribution in [3.8, 4) is 28.6 Å². The summed E-state index contributed by atoms with van der Waals surface area (Å²) in [5, 5.41) is 9.88. The van der Waals surface area contributed by atoms with Gasteiger partial charge in [-0.1, -0.05) is 59.8 Å². The number of para-hydroxylation sites is 2. The second kappa shape index (κ2) is 9.89. The van der Waals surface area contributed by atoms with Gasteiger partial charge < -0.3 is 9.47 Å². The third-order valence-corrected chi connectivity index (χ3v) is 6.06. The summed E-state index contributed by atoms with van der Waals surface area (Å²) in [5.41, 5.74) is 2.07. The van der Waals surface area contributed by atoms with Crippen molar-refractivity contribution in [2.45, 2.75) is 5.16 Å². The maximum atomic E-state index is 12.8. The van der Waals surface area contributed by atoms with Crippen LogP contribution >= 0.6 is 23.4 Å². The Morgan fingerprint density at radius 3 is 2.53 bits per heavy atom. The highest BCUT2D eigenvalue weighted by Crippen LogP contribution is 2.35. The van der Waals surface area contributed by atoms with Crippen molar-refractivity contribution < 1.29 is 14.3 Å². The summed E-state index contributed by atoms with van der Waals surface area (Å²) in [4.78, 5) is 12.8. The van der Waals surface area contributed by atoms with Gasteiger partial charge in [0.25, 0.3) is 0 Å². The molecule has 0 unspecified atom stereocenters. The topological polar surface area (TPSA) is 66.2 Å². The number of carbonyl (C=O) groups excluding carboxylic acids is 1. The monoisotopic (exact) mass is 465 g/mol. The molecule has 4 aromatic rings. The molecule has 0 aliphatic heterocycles. The molecular weight excluding hydrogens is 446 g/mol. The molecule has 4 rings (SSSR count). The Labute approximate surface area is 195 Å². The highest BCUT2D eigenvalue weighted by Gasteiger charge is 2.21. The Morgan fingerprint density at radius 1 is 0.969 bits per heavy atom. The van der Waals surface area contributed by atoms with Gasteiger partial charge in [0.15, 0.2) is 16.8 Å². The molecule has 1 aromatic heterocycles. The number of hydrogen-bond donors (Lipinski definition) is 0. The van der Waals surface area contributed by atoms with Gasteiger partial charge in [0.1, 0.15) is 11.5 Å². The molecule has 0 saturated carbocycles. The van der Waals surface area contributed by atoms with Crippen molar-refractivity contribution in [2.24, 2.45) is 0 Å². The fraction of sp³-hybridized carbons (Fsp3) is 0.125. The van der Waals surface area contributed by atoms with E-state index in [0.29, 0.717) is 33.1 Å². The molecular formula is C24H20ClN3O3S. The minimum atomic E-state index is -0.0391. The van der Waals surface area contributed by atoms with Gasteiger partial charge in [-0.25, -0.2) is 0 Å². The van der Waals surface area contributed by atoms with Gasteiger partial charge in [-0.2, -0.15) is 0 Å². The molecule has 0 bridgehead atoms. The van der Waals surface area contributed by atoms with Crippen molar-refractivity contribution in [1.82, 2.24) is 14.8 Å². The Balaban J connectivity index is 1.72. The van der Waals surface area contributed by atoms with Crippen molar-refractivity contribution in [3.63, 3.8) is 0 Å². The average Bonchev–Trinajstić information content (AvgIpc) is 3.26. The van der Waals surface area contributed by atoms with E-state index in [4.69, 9.17) is 21.1 Å². The molecule has 1 heterocycles. The Bertz CT molecular complexity index is 1260. The summed E-state index contributed by atoms with van der Waals surface area (Å²) < 4.78 is 12.7. The largest absolute Gasteiger partial charge is 0.497 e. The van der Waals surface area contributed by atoms with E-state index in [1.165, 1.54) is 11.8 Å². The third kappa shape index (κ3) is 4.49. The first-order valence-electron chi connectivity index (χ1n) is 9.76. The number of hydrogen-bond acceptors (Lipinski definition) is 6. The summed E-state index contributed by atoms with van der Waals surface area (Å²) >= 11 is 7.75. The zero-order valence-electron chi connectivity index (χ0n) is 17.5. The number of rotatable bonds is 8. The van der Waals surface area contributed by atoms with Crippen molar-refractivity contribution in [1.29, 1.82) is 0 Å². The normalized spacial score (nSPS) is 10.7. The summed E-state index contributed by atoms with van der Waals surface area (Å²) in [7, 11) is 3.18. The maximum absolute atomic E-state index is 12.8. The van der Waals surface area contributed by atoms with Gasteiger partial charge in [0.05, 0.1) is 30.7 Å². The van der Waals surface area contributed by atoms with Gasteiger partial charge in [-0.3, -0.25) is 9.36 Å². The van der Waals surface area contributed by atoms with E-state index in [1.54, 1.807) is 44.6 Å². The fourth-order valence-electron chi connectivity index (χ4n) is 3.22. The van der Waals surface area contributed by atoms with Crippen molar-refractivity contribution >= 4 is 29.1 Å². The smallest absolute Gasteiger partial charge is 0.196 e. The highest BCUT2D eigenvalue weighted by molar-refractivity contribution is 7.99. The molecule has 0 radical (unpaired) electrons. The number of carbonyl (C=O) groups is 1. The van der Waals surface area contributed by atoms with E-state index < -0.39 is 0 Å². The molecule has 0 spiro atoms. The third-order valence-electron chi connectivity index (χ3n) is 4.80. The molecule has 3 aromatic carbocycles. The molecule has 0 aliphatic rings. The molecule has 32 heavy (non-hydrogen) atoms. The van der Waals surface area contributed by atoms with Crippen LogP contribution < -0.4 is 9.47 Å². The number of aromatic nitrogens is 3. The number of methoxy groups -OCH3 is 2. The number of benzene rings is 3. The molecule has 0 atom stereocenters. The molecule has 0 saturated heterocycles.